The molecule has 110 valence electrons. The van der Waals surface area contributed by atoms with E-state index < -0.39 is 0 Å². The third-order valence-electron chi connectivity index (χ3n) is 2.93. The minimum absolute atomic E-state index is 0.0243. The quantitative estimate of drug-likeness (QED) is 0.824. The molecule has 0 unspecified atom stereocenters. The molecule has 5 heteroatoms. The lowest BCUT2D eigenvalue weighted by Crippen LogP contribution is -2.35. The van der Waals surface area contributed by atoms with Gasteiger partial charge in [0.05, 0.1) is 6.54 Å². The van der Waals surface area contributed by atoms with E-state index in [9.17, 15) is 4.79 Å². The maximum Gasteiger partial charge on any atom is 0.233 e. The Labute approximate surface area is 119 Å². The van der Waals surface area contributed by atoms with Gasteiger partial charge in [0.2, 0.25) is 5.91 Å². The molecule has 0 bridgehead atoms. The van der Waals surface area contributed by atoms with Crippen LogP contribution in [0.4, 0.5) is 0 Å². The molecule has 0 saturated carbocycles. The van der Waals surface area contributed by atoms with Gasteiger partial charge in [0, 0.05) is 13.1 Å². The number of ether oxygens (including phenoxy) is 2. The van der Waals surface area contributed by atoms with Gasteiger partial charge >= 0.3 is 0 Å². The molecule has 0 spiro atoms. The first kappa shape index (κ1) is 14.7. The van der Waals surface area contributed by atoms with E-state index in [0.717, 1.165) is 17.1 Å². The highest BCUT2D eigenvalue weighted by Crippen LogP contribution is 2.30. The van der Waals surface area contributed by atoms with Gasteiger partial charge in [0.15, 0.2) is 11.5 Å². The molecule has 1 amide bonds. The number of rotatable bonds is 6. The van der Waals surface area contributed by atoms with Crippen molar-refractivity contribution >= 4 is 5.91 Å². The van der Waals surface area contributed by atoms with E-state index in [1.165, 1.54) is 0 Å². The van der Waals surface area contributed by atoms with Gasteiger partial charge in [0.25, 0.3) is 0 Å². The van der Waals surface area contributed by atoms with Crippen molar-refractivity contribution in [3.63, 3.8) is 0 Å². The van der Waals surface area contributed by atoms with Crippen LogP contribution in [0.25, 0.3) is 0 Å². The fourth-order valence-corrected chi connectivity index (χ4v) is 1.90. The first-order valence-corrected chi connectivity index (χ1v) is 7.01. The smallest absolute Gasteiger partial charge is 0.233 e. The normalized spacial score (nSPS) is 13.3. The van der Waals surface area contributed by atoms with E-state index in [1.54, 1.807) is 0 Å². The van der Waals surface area contributed by atoms with Crippen LogP contribution in [0, 0.1) is 5.92 Å². The van der Waals surface area contributed by atoms with Crippen molar-refractivity contribution < 1.29 is 14.3 Å². The summed E-state index contributed by atoms with van der Waals surface area (Å²) in [6.07, 6.45) is 0. The van der Waals surface area contributed by atoms with E-state index >= 15 is 0 Å². The van der Waals surface area contributed by atoms with Gasteiger partial charge in [-0.05, 0) is 23.6 Å². The van der Waals surface area contributed by atoms with Gasteiger partial charge in [-0.3, -0.25) is 4.79 Å². The Kier molecular flexibility index (Phi) is 5.24. The maximum absolute atomic E-state index is 11.6. The van der Waals surface area contributed by atoms with E-state index in [0.29, 0.717) is 38.8 Å². The summed E-state index contributed by atoms with van der Waals surface area (Å²) >= 11 is 0. The number of fused-ring (bicyclic) bond motifs is 1. The number of benzene rings is 1. The summed E-state index contributed by atoms with van der Waals surface area (Å²) in [7, 11) is 0. The molecular formula is C15H22N2O3. The molecule has 0 radical (unpaired) electrons. The van der Waals surface area contributed by atoms with Crippen LogP contribution in [-0.4, -0.2) is 32.2 Å². The zero-order chi connectivity index (χ0) is 14.4. The summed E-state index contributed by atoms with van der Waals surface area (Å²) < 4.78 is 11.0. The van der Waals surface area contributed by atoms with E-state index in [2.05, 4.69) is 24.5 Å². The van der Waals surface area contributed by atoms with Gasteiger partial charge in [-0.25, -0.2) is 0 Å². The number of amides is 1. The first-order valence-electron chi connectivity index (χ1n) is 7.01. The summed E-state index contributed by atoms with van der Waals surface area (Å²) in [6.45, 7) is 6.99. The molecule has 0 fully saturated rings. The molecule has 1 aromatic rings. The van der Waals surface area contributed by atoms with Crippen molar-refractivity contribution in [1.29, 1.82) is 0 Å². The molecule has 2 N–H and O–H groups in total. The van der Waals surface area contributed by atoms with Crippen molar-refractivity contribution in [2.24, 2.45) is 5.92 Å². The largest absolute Gasteiger partial charge is 0.486 e. The van der Waals surface area contributed by atoms with Crippen molar-refractivity contribution in [3.8, 4) is 11.5 Å². The molecule has 0 aromatic heterocycles. The van der Waals surface area contributed by atoms with Gasteiger partial charge in [-0.15, -0.1) is 0 Å². The summed E-state index contributed by atoms with van der Waals surface area (Å²) in [5, 5.41) is 6.00. The second-order valence-corrected chi connectivity index (χ2v) is 5.28. The number of hydrogen-bond donors (Lipinski definition) is 2. The minimum atomic E-state index is 0.0243. The van der Waals surface area contributed by atoms with Gasteiger partial charge in [-0.2, -0.15) is 0 Å². The Balaban J connectivity index is 1.75. The predicted octanol–water partition coefficient (Wildman–Crippen LogP) is 1.32. The minimum Gasteiger partial charge on any atom is -0.486 e. The number of carbonyl (C=O) groups is 1. The van der Waals surface area contributed by atoms with Crippen LogP contribution < -0.4 is 20.1 Å². The monoisotopic (exact) mass is 278 g/mol. The highest BCUT2D eigenvalue weighted by Gasteiger charge is 2.11. The molecule has 0 aliphatic carbocycles. The summed E-state index contributed by atoms with van der Waals surface area (Å²) in [6, 6.07) is 5.84. The fraction of sp³-hybridized carbons (Fsp3) is 0.533. The van der Waals surface area contributed by atoms with Crippen LogP contribution in [0.5, 0.6) is 11.5 Å². The van der Waals surface area contributed by atoms with Gasteiger partial charge in [0.1, 0.15) is 13.2 Å². The van der Waals surface area contributed by atoms with Crippen LogP contribution in [-0.2, 0) is 11.3 Å². The Bertz CT molecular complexity index is 460. The number of hydrogen-bond acceptors (Lipinski definition) is 4. The molecule has 0 saturated heterocycles. The van der Waals surface area contributed by atoms with E-state index in [1.807, 2.05) is 18.2 Å². The molecular weight excluding hydrogens is 256 g/mol. The fourth-order valence-electron chi connectivity index (χ4n) is 1.90. The lowest BCUT2D eigenvalue weighted by molar-refractivity contribution is -0.120. The SMILES string of the molecule is CC(C)CNC(=O)CNCc1ccc2c(c1)OCCO2. The van der Waals surface area contributed by atoms with Crippen LogP contribution >= 0.6 is 0 Å². The second-order valence-electron chi connectivity index (χ2n) is 5.28. The Morgan fingerprint density at radius 3 is 2.75 bits per heavy atom. The van der Waals surface area contributed by atoms with Crippen molar-refractivity contribution in [2.45, 2.75) is 20.4 Å². The molecule has 0 atom stereocenters. The lowest BCUT2D eigenvalue weighted by atomic mass is 10.2. The topological polar surface area (TPSA) is 59.6 Å². The van der Waals surface area contributed by atoms with Crippen LogP contribution in [0.15, 0.2) is 18.2 Å². The third kappa shape index (κ3) is 4.42. The van der Waals surface area contributed by atoms with E-state index in [-0.39, 0.29) is 5.91 Å². The van der Waals surface area contributed by atoms with Crippen molar-refractivity contribution in [2.75, 3.05) is 26.3 Å². The molecule has 1 aliphatic rings. The summed E-state index contributed by atoms with van der Waals surface area (Å²) in [4.78, 5) is 11.6. The van der Waals surface area contributed by atoms with E-state index in [4.69, 9.17) is 9.47 Å². The highest BCUT2D eigenvalue weighted by atomic mass is 16.6. The molecule has 1 aliphatic heterocycles. The summed E-state index contributed by atoms with van der Waals surface area (Å²) in [5.41, 5.74) is 1.07. The summed E-state index contributed by atoms with van der Waals surface area (Å²) in [5.74, 6) is 2.06. The van der Waals surface area contributed by atoms with Crippen LogP contribution in [0.1, 0.15) is 19.4 Å². The van der Waals surface area contributed by atoms with Gasteiger partial charge < -0.3 is 20.1 Å². The standard InChI is InChI=1S/C15H22N2O3/c1-11(2)8-17-15(18)10-16-9-12-3-4-13-14(7-12)20-6-5-19-13/h3-4,7,11,16H,5-6,8-10H2,1-2H3,(H,17,18). The van der Waals surface area contributed by atoms with Crippen molar-refractivity contribution in [1.82, 2.24) is 10.6 Å². The Morgan fingerprint density at radius 1 is 1.25 bits per heavy atom. The molecule has 1 heterocycles. The first-order chi connectivity index (χ1) is 9.65. The number of nitrogens with one attached hydrogen (secondary N) is 2. The maximum atomic E-state index is 11.6. The highest BCUT2D eigenvalue weighted by molar-refractivity contribution is 5.77. The number of carbonyl (C=O) groups excluding carboxylic acids is 1. The molecule has 1 aromatic carbocycles. The molecule has 2 rings (SSSR count). The molecule has 20 heavy (non-hydrogen) atoms. The average molecular weight is 278 g/mol. The van der Waals surface area contributed by atoms with Crippen LogP contribution in [0.3, 0.4) is 0 Å². The van der Waals surface area contributed by atoms with Crippen molar-refractivity contribution in [3.05, 3.63) is 23.8 Å². The predicted molar refractivity (Wildman–Crippen MR) is 77.0 cm³/mol. The Hall–Kier alpha value is -1.75. The zero-order valence-electron chi connectivity index (χ0n) is 12.1. The lowest BCUT2D eigenvalue weighted by Gasteiger charge is -2.19. The average Bonchev–Trinajstić information content (AvgIpc) is 2.45. The third-order valence-corrected chi connectivity index (χ3v) is 2.93. The second kappa shape index (κ2) is 7.14. The zero-order valence-corrected chi connectivity index (χ0v) is 12.1. The van der Waals surface area contributed by atoms with Gasteiger partial charge in [-0.1, -0.05) is 19.9 Å². The Morgan fingerprint density at radius 2 is 2.00 bits per heavy atom. The molecule has 5 nitrogen and oxygen atoms in total. The van der Waals surface area contributed by atoms with Crippen LogP contribution in [0.2, 0.25) is 0 Å².